The molecule has 2 aromatic rings. The zero-order valence-electron chi connectivity index (χ0n) is 15.0. The van der Waals surface area contributed by atoms with E-state index in [0.717, 1.165) is 28.4 Å². The van der Waals surface area contributed by atoms with Crippen LogP contribution < -0.4 is 15.5 Å². The summed E-state index contributed by atoms with van der Waals surface area (Å²) in [6.07, 6.45) is 1.67. The number of anilines is 2. The van der Waals surface area contributed by atoms with E-state index in [1.807, 2.05) is 25.1 Å². The SMILES string of the molecule is Cc1cc(Br)ccc1NC(=O)CNC(=O)CN1CCCc2cccc(F)c21. The first-order chi connectivity index (χ1) is 12.9. The molecule has 1 aliphatic heterocycles. The fourth-order valence-corrected chi connectivity index (χ4v) is 3.69. The maximum atomic E-state index is 14.2. The van der Waals surface area contributed by atoms with E-state index in [0.29, 0.717) is 17.9 Å². The number of rotatable bonds is 5. The predicted molar refractivity (Wildman–Crippen MR) is 107 cm³/mol. The largest absolute Gasteiger partial charge is 0.360 e. The first kappa shape index (κ1) is 19.4. The van der Waals surface area contributed by atoms with Crippen molar-refractivity contribution in [3.05, 3.63) is 57.8 Å². The van der Waals surface area contributed by atoms with Gasteiger partial charge in [0.2, 0.25) is 11.8 Å². The van der Waals surface area contributed by atoms with Crippen LogP contribution in [0.1, 0.15) is 17.5 Å². The molecule has 5 nitrogen and oxygen atoms in total. The Morgan fingerprint density at radius 2 is 2.04 bits per heavy atom. The van der Waals surface area contributed by atoms with Crippen molar-refractivity contribution in [3.8, 4) is 0 Å². The zero-order chi connectivity index (χ0) is 19.4. The van der Waals surface area contributed by atoms with E-state index in [-0.39, 0.29) is 30.7 Å². The Labute approximate surface area is 166 Å². The van der Waals surface area contributed by atoms with Gasteiger partial charge in [-0.05, 0) is 55.2 Å². The Kier molecular flexibility index (Phi) is 6.11. The zero-order valence-corrected chi connectivity index (χ0v) is 16.6. The number of carbonyl (C=O) groups excluding carboxylic acids is 2. The summed E-state index contributed by atoms with van der Waals surface area (Å²) in [5, 5.41) is 5.38. The van der Waals surface area contributed by atoms with Gasteiger partial charge in [0.25, 0.3) is 0 Å². The molecule has 2 N–H and O–H groups in total. The van der Waals surface area contributed by atoms with Gasteiger partial charge in [0.1, 0.15) is 5.82 Å². The third-order valence-corrected chi connectivity index (χ3v) is 5.00. The molecule has 0 atom stereocenters. The number of carbonyl (C=O) groups is 2. The van der Waals surface area contributed by atoms with Crippen LogP contribution in [0.3, 0.4) is 0 Å². The molecule has 0 radical (unpaired) electrons. The molecule has 0 saturated carbocycles. The number of halogens is 2. The molecular formula is C20H21BrFN3O2. The number of hydrogen-bond donors (Lipinski definition) is 2. The number of hydrogen-bond acceptors (Lipinski definition) is 3. The van der Waals surface area contributed by atoms with Crippen molar-refractivity contribution in [1.82, 2.24) is 5.32 Å². The van der Waals surface area contributed by atoms with Gasteiger partial charge in [-0.25, -0.2) is 4.39 Å². The summed E-state index contributed by atoms with van der Waals surface area (Å²) in [6, 6.07) is 10.5. The van der Waals surface area contributed by atoms with Crippen LogP contribution in [-0.2, 0) is 16.0 Å². The van der Waals surface area contributed by atoms with E-state index in [9.17, 15) is 14.0 Å². The van der Waals surface area contributed by atoms with Crippen molar-refractivity contribution >= 4 is 39.1 Å². The number of nitrogens with zero attached hydrogens (tertiary/aromatic N) is 1. The summed E-state index contributed by atoms with van der Waals surface area (Å²) in [7, 11) is 0. The molecule has 0 bridgehead atoms. The summed E-state index contributed by atoms with van der Waals surface area (Å²) in [5.74, 6) is -0.934. The second-order valence-electron chi connectivity index (χ2n) is 6.56. The van der Waals surface area contributed by atoms with Gasteiger partial charge in [-0.2, -0.15) is 0 Å². The molecule has 0 fully saturated rings. The summed E-state index contributed by atoms with van der Waals surface area (Å²) >= 11 is 3.37. The minimum atomic E-state index is -0.316. The van der Waals surface area contributed by atoms with Crippen LogP contribution in [0.2, 0.25) is 0 Å². The average Bonchev–Trinajstić information content (AvgIpc) is 2.63. The molecule has 0 spiro atoms. The maximum absolute atomic E-state index is 14.2. The third-order valence-electron chi connectivity index (χ3n) is 4.50. The molecule has 1 aliphatic rings. The number of para-hydroxylation sites is 1. The number of benzene rings is 2. The van der Waals surface area contributed by atoms with Gasteiger partial charge in [0.15, 0.2) is 0 Å². The molecule has 1 heterocycles. The Morgan fingerprint density at radius 1 is 1.22 bits per heavy atom. The smallest absolute Gasteiger partial charge is 0.243 e. The molecule has 0 saturated heterocycles. The Morgan fingerprint density at radius 3 is 2.81 bits per heavy atom. The van der Waals surface area contributed by atoms with E-state index in [4.69, 9.17) is 0 Å². The van der Waals surface area contributed by atoms with Gasteiger partial charge >= 0.3 is 0 Å². The van der Waals surface area contributed by atoms with Crippen LogP contribution in [0.25, 0.3) is 0 Å². The predicted octanol–water partition coefficient (Wildman–Crippen LogP) is 3.40. The number of amides is 2. The topological polar surface area (TPSA) is 61.4 Å². The quantitative estimate of drug-likeness (QED) is 0.759. The van der Waals surface area contributed by atoms with Gasteiger partial charge in [0, 0.05) is 16.7 Å². The second kappa shape index (κ2) is 8.52. The van der Waals surface area contributed by atoms with Crippen LogP contribution in [-0.4, -0.2) is 31.4 Å². The fraction of sp³-hybridized carbons (Fsp3) is 0.300. The second-order valence-corrected chi connectivity index (χ2v) is 7.47. The molecule has 7 heteroatoms. The van der Waals surface area contributed by atoms with E-state index in [2.05, 4.69) is 26.6 Å². The highest BCUT2D eigenvalue weighted by Crippen LogP contribution is 2.29. The number of aryl methyl sites for hydroxylation is 2. The van der Waals surface area contributed by atoms with Gasteiger partial charge in [0.05, 0.1) is 18.8 Å². The van der Waals surface area contributed by atoms with Crippen molar-refractivity contribution in [2.45, 2.75) is 19.8 Å². The molecule has 27 heavy (non-hydrogen) atoms. The minimum absolute atomic E-state index is 0.0263. The highest BCUT2D eigenvalue weighted by molar-refractivity contribution is 9.10. The van der Waals surface area contributed by atoms with E-state index in [1.165, 1.54) is 6.07 Å². The molecule has 2 aromatic carbocycles. The van der Waals surface area contributed by atoms with Crippen molar-refractivity contribution < 1.29 is 14.0 Å². The lowest BCUT2D eigenvalue weighted by molar-refractivity contribution is -0.123. The van der Waals surface area contributed by atoms with Gasteiger partial charge in [-0.15, -0.1) is 0 Å². The molecule has 0 unspecified atom stereocenters. The molecular weight excluding hydrogens is 413 g/mol. The molecule has 142 valence electrons. The Hall–Kier alpha value is -2.41. The standard InChI is InChI=1S/C20H21BrFN3O2/c1-13-10-15(21)7-8-17(13)24-18(26)11-23-19(27)12-25-9-3-5-14-4-2-6-16(22)20(14)25/h2,4,6-8,10H,3,5,9,11-12H2,1H3,(H,23,27)(H,24,26). The first-order valence-electron chi connectivity index (χ1n) is 8.79. The van der Waals surface area contributed by atoms with Crippen molar-refractivity contribution in [3.63, 3.8) is 0 Å². The van der Waals surface area contributed by atoms with E-state index >= 15 is 0 Å². The van der Waals surface area contributed by atoms with Crippen LogP contribution in [0.5, 0.6) is 0 Å². The van der Waals surface area contributed by atoms with Crippen molar-refractivity contribution in [2.24, 2.45) is 0 Å². The Balaban J connectivity index is 1.54. The monoisotopic (exact) mass is 433 g/mol. The summed E-state index contributed by atoms with van der Waals surface area (Å²) in [5.41, 5.74) is 3.03. The number of fused-ring (bicyclic) bond motifs is 1. The minimum Gasteiger partial charge on any atom is -0.360 e. The third kappa shape index (κ3) is 4.86. The fourth-order valence-electron chi connectivity index (χ4n) is 3.22. The number of nitrogens with one attached hydrogen (secondary N) is 2. The van der Waals surface area contributed by atoms with E-state index in [1.54, 1.807) is 17.0 Å². The van der Waals surface area contributed by atoms with Gasteiger partial charge < -0.3 is 15.5 Å². The normalized spacial score (nSPS) is 13.1. The molecule has 0 aliphatic carbocycles. The van der Waals surface area contributed by atoms with Crippen molar-refractivity contribution in [1.29, 1.82) is 0 Å². The lowest BCUT2D eigenvalue weighted by Gasteiger charge is -2.31. The van der Waals surface area contributed by atoms with Crippen LogP contribution >= 0.6 is 15.9 Å². The molecule has 2 amide bonds. The van der Waals surface area contributed by atoms with Crippen molar-refractivity contribution in [2.75, 3.05) is 29.9 Å². The van der Waals surface area contributed by atoms with Gasteiger partial charge in [-0.1, -0.05) is 28.1 Å². The first-order valence-corrected chi connectivity index (χ1v) is 9.58. The Bertz CT molecular complexity index is 872. The van der Waals surface area contributed by atoms with Gasteiger partial charge in [-0.3, -0.25) is 9.59 Å². The summed E-state index contributed by atoms with van der Waals surface area (Å²) < 4.78 is 15.1. The summed E-state index contributed by atoms with van der Waals surface area (Å²) in [4.78, 5) is 26.1. The highest BCUT2D eigenvalue weighted by atomic mass is 79.9. The highest BCUT2D eigenvalue weighted by Gasteiger charge is 2.22. The molecule has 3 rings (SSSR count). The van der Waals surface area contributed by atoms with E-state index < -0.39 is 0 Å². The lowest BCUT2D eigenvalue weighted by atomic mass is 10.0. The van der Waals surface area contributed by atoms with Crippen LogP contribution in [0.15, 0.2) is 40.9 Å². The molecule has 0 aromatic heterocycles. The van der Waals surface area contributed by atoms with Crippen LogP contribution in [0.4, 0.5) is 15.8 Å². The summed E-state index contributed by atoms with van der Waals surface area (Å²) in [6.45, 7) is 2.40. The lowest BCUT2D eigenvalue weighted by Crippen LogP contribution is -2.42. The maximum Gasteiger partial charge on any atom is 0.243 e. The average molecular weight is 434 g/mol. The van der Waals surface area contributed by atoms with Crippen LogP contribution in [0, 0.1) is 12.7 Å².